The molecular weight excluding hydrogens is 300 g/mol. The summed E-state index contributed by atoms with van der Waals surface area (Å²) in [6.45, 7) is 5.01. The first kappa shape index (κ1) is 18.8. The van der Waals surface area contributed by atoms with Crippen LogP contribution in [-0.4, -0.2) is 49.8 Å². The number of rotatable bonds is 11. The molecule has 0 aliphatic heterocycles. The summed E-state index contributed by atoms with van der Waals surface area (Å²) in [7, 11) is 0. The predicted octanol–water partition coefficient (Wildman–Crippen LogP) is -0.186. The third-order valence-corrected chi connectivity index (χ3v) is 2.65. The second kappa shape index (κ2) is 11.3. The largest absolute Gasteiger partial charge is 0.377 e. The molecule has 0 atom stereocenters. The van der Waals surface area contributed by atoms with Crippen LogP contribution in [0.3, 0.4) is 0 Å². The van der Waals surface area contributed by atoms with Gasteiger partial charge >= 0.3 is 0 Å². The maximum absolute atomic E-state index is 11.6. The summed E-state index contributed by atoms with van der Waals surface area (Å²) in [5.74, 6) is -0.513. The lowest BCUT2D eigenvalue weighted by atomic mass is 10.3. The zero-order chi connectivity index (χ0) is 16.9. The second-order valence-electron chi connectivity index (χ2n) is 4.45. The van der Waals surface area contributed by atoms with E-state index in [2.05, 4.69) is 22.2 Å². The molecule has 0 fully saturated rings. The Kier molecular flexibility index (Phi) is 9.22. The minimum Gasteiger partial charge on any atom is -0.377 e. The fourth-order valence-corrected chi connectivity index (χ4v) is 1.52. The Morgan fingerprint density at radius 2 is 2.04 bits per heavy atom. The normalized spacial score (nSPS) is 10.1. The number of nitrogens with two attached hydrogens (primary N) is 1. The summed E-state index contributed by atoms with van der Waals surface area (Å²) in [5.41, 5.74) is 6.78. The average Bonchev–Trinajstić information content (AvgIpc) is 2.57. The van der Waals surface area contributed by atoms with Gasteiger partial charge in [0.15, 0.2) is 0 Å². The van der Waals surface area contributed by atoms with Gasteiger partial charge in [0.25, 0.3) is 0 Å². The van der Waals surface area contributed by atoms with E-state index in [0.717, 1.165) is 5.69 Å². The van der Waals surface area contributed by atoms with Crippen molar-refractivity contribution in [2.75, 3.05) is 38.3 Å². The van der Waals surface area contributed by atoms with Gasteiger partial charge in [0.1, 0.15) is 6.61 Å². The van der Waals surface area contributed by atoms with Crippen LogP contribution in [0.2, 0.25) is 0 Å². The standard InChI is InChI=1S/C15H22N4O4/c1-2-14(20)17-5-6-22-7-8-23-11-15(21)19-13-4-3-12(9-16)18-10-13/h2-4,10H,1,5-9,11,16H2,(H,17,20)(H,19,21). The molecule has 0 aromatic carbocycles. The minimum absolute atomic E-state index is 0.0742. The van der Waals surface area contributed by atoms with Crippen molar-refractivity contribution in [2.45, 2.75) is 6.54 Å². The average molecular weight is 322 g/mol. The fraction of sp³-hybridized carbons (Fsp3) is 0.400. The molecule has 126 valence electrons. The van der Waals surface area contributed by atoms with E-state index in [1.807, 2.05) is 0 Å². The molecule has 1 aromatic heterocycles. The molecule has 1 heterocycles. The van der Waals surface area contributed by atoms with Crippen LogP contribution in [-0.2, 0) is 25.6 Å². The number of hydrogen-bond acceptors (Lipinski definition) is 6. The molecule has 1 aromatic rings. The van der Waals surface area contributed by atoms with Gasteiger partial charge in [-0.3, -0.25) is 14.6 Å². The summed E-state index contributed by atoms with van der Waals surface area (Å²) >= 11 is 0. The van der Waals surface area contributed by atoms with Gasteiger partial charge in [0.2, 0.25) is 11.8 Å². The number of carbonyl (C=O) groups is 2. The van der Waals surface area contributed by atoms with Crippen LogP contribution < -0.4 is 16.4 Å². The van der Waals surface area contributed by atoms with Crippen LogP contribution in [0.25, 0.3) is 0 Å². The van der Waals surface area contributed by atoms with Crippen LogP contribution in [0.5, 0.6) is 0 Å². The van der Waals surface area contributed by atoms with E-state index < -0.39 is 0 Å². The summed E-state index contributed by atoms with van der Waals surface area (Å²) in [4.78, 5) is 26.5. The molecule has 2 amide bonds. The second-order valence-corrected chi connectivity index (χ2v) is 4.45. The number of nitrogens with zero attached hydrogens (tertiary/aromatic N) is 1. The Bertz CT molecular complexity index is 505. The highest BCUT2D eigenvalue weighted by Crippen LogP contribution is 2.05. The first-order valence-corrected chi connectivity index (χ1v) is 7.16. The van der Waals surface area contributed by atoms with Gasteiger partial charge in [-0.1, -0.05) is 6.58 Å². The molecule has 0 radical (unpaired) electrons. The maximum atomic E-state index is 11.6. The monoisotopic (exact) mass is 322 g/mol. The van der Waals surface area contributed by atoms with Crippen molar-refractivity contribution in [3.63, 3.8) is 0 Å². The van der Waals surface area contributed by atoms with Gasteiger partial charge < -0.3 is 25.8 Å². The van der Waals surface area contributed by atoms with Crippen molar-refractivity contribution in [1.29, 1.82) is 0 Å². The van der Waals surface area contributed by atoms with Crippen molar-refractivity contribution in [2.24, 2.45) is 5.73 Å². The molecule has 0 aliphatic carbocycles. The summed E-state index contributed by atoms with van der Waals surface area (Å²) in [6.07, 6.45) is 2.74. The zero-order valence-corrected chi connectivity index (χ0v) is 12.9. The van der Waals surface area contributed by atoms with Crippen LogP contribution in [0, 0.1) is 0 Å². The van der Waals surface area contributed by atoms with E-state index in [-0.39, 0.29) is 25.0 Å². The predicted molar refractivity (Wildman–Crippen MR) is 85.6 cm³/mol. The van der Waals surface area contributed by atoms with Gasteiger partial charge in [0.05, 0.1) is 37.4 Å². The molecule has 8 nitrogen and oxygen atoms in total. The third-order valence-electron chi connectivity index (χ3n) is 2.65. The number of amides is 2. The van der Waals surface area contributed by atoms with E-state index >= 15 is 0 Å². The highest BCUT2D eigenvalue weighted by atomic mass is 16.5. The fourth-order valence-electron chi connectivity index (χ4n) is 1.52. The van der Waals surface area contributed by atoms with Crippen molar-refractivity contribution >= 4 is 17.5 Å². The molecule has 0 aliphatic rings. The number of hydrogen-bond donors (Lipinski definition) is 3. The molecule has 23 heavy (non-hydrogen) atoms. The summed E-state index contributed by atoms with van der Waals surface area (Å²) in [5, 5.41) is 5.23. The zero-order valence-electron chi connectivity index (χ0n) is 12.9. The molecular formula is C15H22N4O4. The lowest BCUT2D eigenvalue weighted by Crippen LogP contribution is -2.26. The van der Waals surface area contributed by atoms with Crippen LogP contribution in [0.15, 0.2) is 31.0 Å². The van der Waals surface area contributed by atoms with Gasteiger partial charge in [-0.15, -0.1) is 0 Å². The highest BCUT2D eigenvalue weighted by Gasteiger charge is 2.03. The number of anilines is 1. The number of aromatic nitrogens is 1. The molecule has 8 heteroatoms. The molecule has 0 saturated carbocycles. The number of nitrogens with one attached hydrogen (secondary N) is 2. The van der Waals surface area contributed by atoms with Crippen molar-refractivity contribution in [3.8, 4) is 0 Å². The first-order chi connectivity index (χ1) is 11.2. The topological polar surface area (TPSA) is 116 Å². The van der Waals surface area contributed by atoms with E-state index in [0.29, 0.717) is 32.0 Å². The molecule has 4 N–H and O–H groups in total. The van der Waals surface area contributed by atoms with E-state index in [9.17, 15) is 9.59 Å². The Morgan fingerprint density at radius 3 is 2.70 bits per heavy atom. The minimum atomic E-state index is -0.273. The lowest BCUT2D eigenvalue weighted by molar-refractivity contribution is -0.121. The van der Waals surface area contributed by atoms with Crippen LogP contribution in [0.1, 0.15) is 5.69 Å². The Balaban J connectivity index is 2.03. The Hall–Kier alpha value is -2.29. The van der Waals surface area contributed by atoms with Gasteiger partial charge in [-0.05, 0) is 18.2 Å². The van der Waals surface area contributed by atoms with Gasteiger partial charge in [0, 0.05) is 13.1 Å². The SMILES string of the molecule is C=CC(=O)NCCOCCOCC(=O)Nc1ccc(CN)nc1. The molecule has 0 bridgehead atoms. The first-order valence-electron chi connectivity index (χ1n) is 7.16. The van der Waals surface area contributed by atoms with Crippen LogP contribution >= 0.6 is 0 Å². The summed E-state index contributed by atoms with van der Waals surface area (Å²) in [6, 6.07) is 3.48. The highest BCUT2D eigenvalue weighted by molar-refractivity contribution is 5.91. The number of pyridine rings is 1. The lowest BCUT2D eigenvalue weighted by Gasteiger charge is -2.07. The molecule has 0 spiro atoms. The number of ether oxygens (including phenoxy) is 2. The van der Waals surface area contributed by atoms with Gasteiger partial charge in [-0.25, -0.2) is 0 Å². The third kappa shape index (κ3) is 8.67. The number of carbonyl (C=O) groups excluding carboxylic acids is 2. The maximum Gasteiger partial charge on any atom is 0.250 e. The summed E-state index contributed by atoms with van der Waals surface area (Å²) < 4.78 is 10.4. The molecule has 0 saturated heterocycles. The van der Waals surface area contributed by atoms with Crippen molar-refractivity contribution in [1.82, 2.24) is 10.3 Å². The van der Waals surface area contributed by atoms with Crippen molar-refractivity contribution < 1.29 is 19.1 Å². The smallest absolute Gasteiger partial charge is 0.250 e. The molecule has 1 rings (SSSR count). The quantitative estimate of drug-likeness (QED) is 0.384. The molecule has 0 unspecified atom stereocenters. The van der Waals surface area contributed by atoms with Crippen molar-refractivity contribution in [3.05, 3.63) is 36.7 Å². The van der Waals surface area contributed by atoms with E-state index in [1.54, 1.807) is 18.3 Å². The van der Waals surface area contributed by atoms with Crippen LogP contribution in [0.4, 0.5) is 5.69 Å². The van der Waals surface area contributed by atoms with E-state index in [1.165, 1.54) is 6.08 Å². The van der Waals surface area contributed by atoms with E-state index in [4.69, 9.17) is 15.2 Å². The Labute approximate surface area is 135 Å². The van der Waals surface area contributed by atoms with Gasteiger partial charge in [-0.2, -0.15) is 0 Å². The Morgan fingerprint density at radius 1 is 1.26 bits per heavy atom.